The minimum Gasteiger partial charge on any atom is -0.491 e. The van der Waals surface area contributed by atoms with Crippen LogP contribution in [0.3, 0.4) is 0 Å². The van der Waals surface area contributed by atoms with Crippen LogP contribution in [0, 0.1) is 0 Å². The van der Waals surface area contributed by atoms with Gasteiger partial charge in [0.1, 0.15) is 18.5 Å². The lowest BCUT2D eigenvalue weighted by Gasteiger charge is -2.53. The summed E-state index contributed by atoms with van der Waals surface area (Å²) in [5.41, 5.74) is 0.190. The third-order valence-corrected chi connectivity index (χ3v) is 4.98. The molecule has 1 heterocycles. The summed E-state index contributed by atoms with van der Waals surface area (Å²) in [4.78, 5) is 2.43. The Morgan fingerprint density at radius 3 is 2.22 bits per heavy atom. The minimum atomic E-state index is -0.610. The van der Waals surface area contributed by atoms with Gasteiger partial charge in [-0.05, 0) is 59.7 Å². The van der Waals surface area contributed by atoms with Crippen molar-refractivity contribution in [3.05, 3.63) is 30.3 Å². The number of rotatable bonds is 6. The Hall–Kier alpha value is -1.10. The molecule has 1 saturated heterocycles. The monoisotopic (exact) mass is 321 g/mol. The number of ether oxygens (including phenoxy) is 2. The molecule has 1 aliphatic heterocycles. The molecule has 0 amide bonds. The van der Waals surface area contributed by atoms with Crippen LogP contribution in [0.1, 0.15) is 40.5 Å². The van der Waals surface area contributed by atoms with Gasteiger partial charge in [-0.1, -0.05) is 18.2 Å². The molecule has 1 N–H and O–H groups in total. The zero-order valence-electron chi connectivity index (χ0n) is 15.1. The fraction of sp³-hybridized carbons (Fsp3) is 0.684. The second-order valence-corrected chi connectivity index (χ2v) is 7.83. The molecule has 130 valence electrons. The number of nitrogens with zero attached hydrogens (tertiary/aromatic N) is 1. The zero-order chi connectivity index (χ0) is 17.1. The maximum Gasteiger partial charge on any atom is 0.119 e. The molecule has 1 aromatic rings. The van der Waals surface area contributed by atoms with Gasteiger partial charge in [-0.15, -0.1) is 0 Å². The SMILES string of the molecule is CN1C(C)(C)CC(OCC(O)COc2ccccc2)CC1(C)C. The second kappa shape index (κ2) is 7.20. The highest BCUT2D eigenvalue weighted by atomic mass is 16.5. The van der Waals surface area contributed by atoms with Gasteiger partial charge in [-0.2, -0.15) is 0 Å². The van der Waals surface area contributed by atoms with Gasteiger partial charge in [-0.3, -0.25) is 4.90 Å². The molecule has 0 radical (unpaired) electrons. The van der Waals surface area contributed by atoms with Crippen molar-refractivity contribution in [3.8, 4) is 5.75 Å². The number of likely N-dealkylation sites (tertiary alicyclic amines) is 1. The van der Waals surface area contributed by atoms with Crippen LogP contribution < -0.4 is 4.74 Å². The highest BCUT2D eigenvalue weighted by Gasteiger charge is 2.43. The van der Waals surface area contributed by atoms with Crippen molar-refractivity contribution in [2.24, 2.45) is 0 Å². The zero-order valence-corrected chi connectivity index (χ0v) is 15.1. The van der Waals surface area contributed by atoms with Gasteiger partial charge in [0.15, 0.2) is 0 Å². The molecular formula is C19H31NO3. The van der Waals surface area contributed by atoms with Crippen molar-refractivity contribution in [3.63, 3.8) is 0 Å². The van der Waals surface area contributed by atoms with E-state index in [2.05, 4.69) is 39.6 Å². The van der Waals surface area contributed by atoms with E-state index >= 15 is 0 Å². The van der Waals surface area contributed by atoms with Crippen LogP contribution in [-0.4, -0.2) is 53.6 Å². The van der Waals surface area contributed by atoms with Crippen molar-refractivity contribution in [2.75, 3.05) is 20.3 Å². The van der Waals surface area contributed by atoms with Gasteiger partial charge in [0.25, 0.3) is 0 Å². The highest BCUT2D eigenvalue weighted by Crippen LogP contribution is 2.38. The Labute approximate surface area is 140 Å². The number of hydrogen-bond donors (Lipinski definition) is 1. The molecule has 0 spiro atoms. The molecule has 1 atom stereocenters. The lowest BCUT2D eigenvalue weighted by atomic mass is 9.79. The van der Waals surface area contributed by atoms with E-state index < -0.39 is 6.10 Å². The topological polar surface area (TPSA) is 41.9 Å². The molecular weight excluding hydrogens is 290 g/mol. The second-order valence-electron chi connectivity index (χ2n) is 7.83. The molecule has 1 unspecified atom stereocenters. The molecule has 2 rings (SSSR count). The molecule has 0 bridgehead atoms. The van der Waals surface area contributed by atoms with Crippen molar-refractivity contribution in [1.82, 2.24) is 4.90 Å². The third kappa shape index (κ3) is 4.93. The number of aliphatic hydroxyl groups is 1. The summed E-state index contributed by atoms with van der Waals surface area (Å²) < 4.78 is 11.6. The number of benzene rings is 1. The summed E-state index contributed by atoms with van der Waals surface area (Å²) in [6.45, 7) is 9.56. The lowest BCUT2D eigenvalue weighted by Crippen LogP contribution is -2.60. The fourth-order valence-corrected chi connectivity index (χ4v) is 3.40. The predicted octanol–water partition coefficient (Wildman–Crippen LogP) is 3.09. The number of hydrogen-bond acceptors (Lipinski definition) is 4. The van der Waals surface area contributed by atoms with Crippen LogP contribution in [-0.2, 0) is 4.74 Å². The van der Waals surface area contributed by atoms with E-state index in [0.717, 1.165) is 18.6 Å². The molecule has 1 fully saturated rings. The van der Waals surface area contributed by atoms with E-state index in [0.29, 0.717) is 6.61 Å². The third-order valence-electron chi connectivity index (χ3n) is 4.98. The Kier molecular flexibility index (Phi) is 5.71. The molecule has 0 saturated carbocycles. The first-order valence-electron chi connectivity index (χ1n) is 8.42. The van der Waals surface area contributed by atoms with Crippen LogP contribution in [0.2, 0.25) is 0 Å². The average Bonchev–Trinajstić information content (AvgIpc) is 2.49. The largest absolute Gasteiger partial charge is 0.491 e. The van der Waals surface area contributed by atoms with Crippen molar-refractivity contribution >= 4 is 0 Å². The Morgan fingerprint density at radius 1 is 1.09 bits per heavy atom. The summed E-state index contributed by atoms with van der Waals surface area (Å²) in [7, 11) is 2.18. The molecule has 1 aliphatic rings. The summed E-state index contributed by atoms with van der Waals surface area (Å²) >= 11 is 0. The van der Waals surface area contributed by atoms with E-state index in [1.807, 2.05) is 30.3 Å². The van der Waals surface area contributed by atoms with E-state index in [1.165, 1.54) is 0 Å². The summed E-state index contributed by atoms with van der Waals surface area (Å²) in [6, 6.07) is 9.54. The van der Waals surface area contributed by atoms with Gasteiger partial charge in [0.2, 0.25) is 0 Å². The first-order chi connectivity index (χ1) is 10.7. The molecule has 23 heavy (non-hydrogen) atoms. The van der Waals surface area contributed by atoms with Crippen LogP contribution in [0.25, 0.3) is 0 Å². The standard InChI is InChI=1S/C19H31NO3/c1-18(2)11-17(12-19(3,4)20(18)5)23-14-15(21)13-22-16-9-7-6-8-10-16/h6-10,15,17,21H,11-14H2,1-5H3. The van der Waals surface area contributed by atoms with Crippen LogP contribution in [0.4, 0.5) is 0 Å². The van der Waals surface area contributed by atoms with Gasteiger partial charge in [0, 0.05) is 11.1 Å². The van der Waals surface area contributed by atoms with Crippen LogP contribution >= 0.6 is 0 Å². The van der Waals surface area contributed by atoms with Gasteiger partial charge in [0.05, 0.1) is 12.7 Å². The Bertz CT molecular complexity index is 469. The predicted molar refractivity (Wildman–Crippen MR) is 92.8 cm³/mol. The Morgan fingerprint density at radius 2 is 1.65 bits per heavy atom. The molecule has 0 aliphatic carbocycles. The molecule has 0 aromatic heterocycles. The molecule has 4 heteroatoms. The van der Waals surface area contributed by atoms with Crippen LogP contribution in [0.5, 0.6) is 5.75 Å². The van der Waals surface area contributed by atoms with Crippen molar-refractivity contribution < 1.29 is 14.6 Å². The van der Waals surface area contributed by atoms with E-state index in [4.69, 9.17) is 9.47 Å². The summed E-state index contributed by atoms with van der Waals surface area (Å²) in [5.74, 6) is 0.771. The first kappa shape index (κ1) is 18.2. The quantitative estimate of drug-likeness (QED) is 0.874. The maximum atomic E-state index is 10.1. The molecule has 4 nitrogen and oxygen atoms in total. The van der Waals surface area contributed by atoms with E-state index in [1.54, 1.807) is 0 Å². The number of para-hydroxylation sites is 1. The van der Waals surface area contributed by atoms with Gasteiger partial charge < -0.3 is 14.6 Å². The number of aliphatic hydroxyl groups excluding tert-OH is 1. The van der Waals surface area contributed by atoms with E-state index in [-0.39, 0.29) is 23.8 Å². The van der Waals surface area contributed by atoms with Crippen molar-refractivity contribution in [1.29, 1.82) is 0 Å². The molecule has 1 aromatic carbocycles. The summed E-state index contributed by atoms with van der Waals surface area (Å²) in [6.07, 6.45) is 1.50. The minimum absolute atomic E-state index is 0.0951. The number of piperidine rings is 1. The van der Waals surface area contributed by atoms with Gasteiger partial charge >= 0.3 is 0 Å². The van der Waals surface area contributed by atoms with E-state index in [9.17, 15) is 5.11 Å². The summed E-state index contributed by atoms with van der Waals surface area (Å²) in [5, 5.41) is 10.1. The van der Waals surface area contributed by atoms with Gasteiger partial charge in [-0.25, -0.2) is 0 Å². The maximum absolute atomic E-state index is 10.1. The fourth-order valence-electron chi connectivity index (χ4n) is 3.40. The first-order valence-corrected chi connectivity index (χ1v) is 8.42. The average molecular weight is 321 g/mol. The normalized spacial score (nSPS) is 22.7. The van der Waals surface area contributed by atoms with Crippen LogP contribution in [0.15, 0.2) is 30.3 Å². The Balaban J connectivity index is 1.79. The lowest BCUT2D eigenvalue weighted by molar-refractivity contribution is -0.108. The highest BCUT2D eigenvalue weighted by molar-refractivity contribution is 5.20. The van der Waals surface area contributed by atoms with Crippen molar-refractivity contribution in [2.45, 2.75) is 63.8 Å². The smallest absolute Gasteiger partial charge is 0.119 e.